The number of hydrogen-bond donors (Lipinski definition) is 1. The zero-order valence-corrected chi connectivity index (χ0v) is 14.4. The van der Waals surface area contributed by atoms with Crippen LogP contribution in [-0.4, -0.2) is 17.7 Å². The first kappa shape index (κ1) is 17.5. The zero-order valence-electron chi connectivity index (χ0n) is 14.4. The molecule has 0 aromatic carbocycles. The van der Waals surface area contributed by atoms with Gasteiger partial charge in [-0.25, -0.2) is 0 Å². The summed E-state index contributed by atoms with van der Waals surface area (Å²) in [6.45, 7) is 7.32. The maximum atomic E-state index is 11.0. The SMILES string of the molecule is CCC(O[N+](=O)[O-])C12CCCC(CC)(CC(C)(CCN)C1)C2. The van der Waals surface area contributed by atoms with Crippen molar-refractivity contribution in [2.75, 3.05) is 6.54 Å². The Bertz CT molecular complexity index is 417. The molecule has 0 spiro atoms. The van der Waals surface area contributed by atoms with Gasteiger partial charge in [-0.15, -0.1) is 10.1 Å². The summed E-state index contributed by atoms with van der Waals surface area (Å²) in [4.78, 5) is 16.1. The fourth-order valence-electron chi connectivity index (χ4n) is 5.92. The molecule has 2 fully saturated rings. The Morgan fingerprint density at radius 3 is 2.55 bits per heavy atom. The summed E-state index contributed by atoms with van der Waals surface area (Å²) >= 11 is 0. The molecule has 0 heterocycles. The molecular weight excluding hydrogens is 280 g/mol. The summed E-state index contributed by atoms with van der Waals surface area (Å²) in [6, 6.07) is 0. The molecule has 0 saturated heterocycles. The predicted octanol–water partition coefficient (Wildman–Crippen LogP) is 4.08. The van der Waals surface area contributed by atoms with E-state index in [1.807, 2.05) is 6.92 Å². The first-order valence-corrected chi connectivity index (χ1v) is 8.84. The Labute approximate surface area is 134 Å². The molecule has 2 aliphatic carbocycles. The van der Waals surface area contributed by atoms with Gasteiger partial charge in [-0.1, -0.05) is 33.6 Å². The van der Waals surface area contributed by atoms with Gasteiger partial charge < -0.3 is 10.6 Å². The van der Waals surface area contributed by atoms with E-state index < -0.39 is 5.09 Å². The lowest BCUT2D eigenvalue weighted by atomic mass is 9.45. The largest absolute Gasteiger partial charge is 0.330 e. The van der Waals surface area contributed by atoms with Gasteiger partial charge in [0.15, 0.2) is 0 Å². The number of nitrogens with zero attached hydrogens (tertiary/aromatic N) is 1. The smallest absolute Gasteiger partial charge is 0.294 e. The highest BCUT2D eigenvalue weighted by Crippen LogP contribution is 2.65. The van der Waals surface area contributed by atoms with Crippen LogP contribution < -0.4 is 5.73 Å². The Hall–Kier alpha value is -0.840. The molecular formula is C17H32N2O3. The summed E-state index contributed by atoms with van der Waals surface area (Å²) in [5.41, 5.74) is 6.35. The van der Waals surface area contributed by atoms with Crippen molar-refractivity contribution in [3.8, 4) is 0 Å². The first-order valence-electron chi connectivity index (χ1n) is 8.84. The Kier molecular flexibility index (Phi) is 5.05. The molecule has 2 aliphatic rings. The molecule has 0 radical (unpaired) electrons. The van der Waals surface area contributed by atoms with Crippen LogP contribution in [0.1, 0.15) is 78.6 Å². The van der Waals surface area contributed by atoms with E-state index in [9.17, 15) is 10.1 Å². The zero-order chi connectivity index (χ0) is 16.4. The van der Waals surface area contributed by atoms with E-state index in [-0.39, 0.29) is 16.9 Å². The second kappa shape index (κ2) is 6.34. The minimum atomic E-state index is -0.583. The van der Waals surface area contributed by atoms with Crippen molar-refractivity contribution in [2.45, 2.75) is 84.7 Å². The van der Waals surface area contributed by atoms with Crippen LogP contribution in [0.15, 0.2) is 0 Å². The first-order chi connectivity index (χ1) is 10.3. The Morgan fingerprint density at radius 2 is 2.00 bits per heavy atom. The second-order valence-corrected chi connectivity index (χ2v) is 8.18. The standard InChI is InChI=1S/C17H32N2O3/c1-4-14(22-19(20)21)17-8-6-7-16(5-2,13-17)11-15(3,12-17)9-10-18/h14H,4-13,18H2,1-3H3. The van der Waals surface area contributed by atoms with Gasteiger partial charge in [-0.05, 0) is 67.7 Å². The van der Waals surface area contributed by atoms with Gasteiger partial charge in [-0.3, -0.25) is 0 Å². The van der Waals surface area contributed by atoms with Crippen LogP contribution in [0, 0.1) is 26.4 Å². The molecule has 128 valence electrons. The van der Waals surface area contributed by atoms with E-state index >= 15 is 0 Å². The molecule has 2 saturated carbocycles. The van der Waals surface area contributed by atoms with Crippen molar-refractivity contribution < 1.29 is 9.92 Å². The molecule has 0 aliphatic heterocycles. The fourth-order valence-corrected chi connectivity index (χ4v) is 5.92. The van der Waals surface area contributed by atoms with Crippen LogP contribution >= 0.6 is 0 Å². The van der Waals surface area contributed by atoms with Crippen molar-refractivity contribution in [1.29, 1.82) is 0 Å². The van der Waals surface area contributed by atoms with Crippen molar-refractivity contribution in [3.05, 3.63) is 10.1 Å². The Balaban J connectivity index is 2.36. The van der Waals surface area contributed by atoms with Crippen molar-refractivity contribution in [3.63, 3.8) is 0 Å². The predicted molar refractivity (Wildman–Crippen MR) is 86.8 cm³/mol. The lowest BCUT2D eigenvalue weighted by molar-refractivity contribution is -0.773. The van der Waals surface area contributed by atoms with Crippen LogP contribution in [0.4, 0.5) is 0 Å². The summed E-state index contributed by atoms with van der Waals surface area (Å²) in [5.74, 6) is 0. The lowest BCUT2D eigenvalue weighted by Gasteiger charge is -2.60. The molecule has 5 heteroatoms. The topological polar surface area (TPSA) is 78.4 Å². The van der Waals surface area contributed by atoms with Crippen molar-refractivity contribution in [1.82, 2.24) is 0 Å². The molecule has 2 N–H and O–H groups in total. The Morgan fingerprint density at radius 1 is 1.27 bits per heavy atom. The minimum absolute atomic E-state index is 0.0434. The number of nitrogens with two attached hydrogens (primary N) is 1. The summed E-state index contributed by atoms with van der Waals surface area (Å²) in [7, 11) is 0. The molecule has 2 bridgehead atoms. The number of rotatable bonds is 7. The highest BCUT2D eigenvalue weighted by Gasteiger charge is 2.57. The molecule has 5 nitrogen and oxygen atoms in total. The average molecular weight is 312 g/mol. The van der Waals surface area contributed by atoms with E-state index in [0.717, 1.165) is 32.1 Å². The molecule has 0 aromatic rings. The minimum Gasteiger partial charge on any atom is -0.330 e. The van der Waals surface area contributed by atoms with Gasteiger partial charge >= 0.3 is 0 Å². The molecule has 22 heavy (non-hydrogen) atoms. The van der Waals surface area contributed by atoms with Gasteiger partial charge in [0, 0.05) is 0 Å². The highest BCUT2D eigenvalue weighted by atomic mass is 17.0. The number of fused-ring (bicyclic) bond motifs is 2. The van der Waals surface area contributed by atoms with Crippen LogP contribution in [0.25, 0.3) is 0 Å². The maximum absolute atomic E-state index is 11.0. The van der Waals surface area contributed by atoms with Crippen LogP contribution in [0.2, 0.25) is 0 Å². The van der Waals surface area contributed by atoms with E-state index in [0.29, 0.717) is 18.4 Å². The third kappa shape index (κ3) is 3.24. The second-order valence-electron chi connectivity index (χ2n) is 8.18. The molecule has 0 amide bonds. The maximum Gasteiger partial charge on any atom is 0.294 e. The van der Waals surface area contributed by atoms with Gasteiger partial charge in [0.25, 0.3) is 5.09 Å². The van der Waals surface area contributed by atoms with E-state index in [1.165, 1.54) is 19.3 Å². The summed E-state index contributed by atoms with van der Waals surface area (Å²) in [6.07, 6.45) is 9.39. The van der Waals surface area contributed by atoms with E-state index in [1.54, 1.807) is 0 Å². The molecule has 4 unspecified atom stereocenters. The summed E-state index contributed by atoms with van der Waals surface area (Å²) in [5, 5.41) is 10.4. The van der Waals surface area contributed by atoms with Crippen molar-refractivity contribution >= 4 is 0 Å². The quantitative estimate of drug-likeness (QED) is 0.567. The fraction of sp³-hybridized carbons (Fsp3) is 1.00. The van der Waals surface area contributed by atoms with Gasteiger partial charge in [0.1, 0.15) is 6.10 Å². The highest BCUT2D eigenvalue weighted by molar-refractivity contribution is 5.06. The number of hydrogen-bond acceptors (Lipinski definition) is 4. The molecule has 4 atom stereocenters. The van der Waals surface area contributed by atoms with Gasteiger partial charge in [0.2, 0.25) is 0 Å². The van der Waals surface area contributed by atoms with E-state index in [2.05, 4.69) is 13.8 Å². The normalized spacial score (nSPS) is 39.3. The van der Waals surface area contributed by atoms with Crippen molar-refractivity contribution in [2.24, 2.45) is 22.0 Å². The monoisotopic (exact) mass is 312 g/mol. The van der Waals surface area contributed by atoms with Crippen LogP contribution in [0.3, 0.4) is 0 Å². The van der Waals surface area contributed by atoms with Gasteiger partial charge in [-0.2, -0.15) is 0 Å². The average Bonchev–Trinajstić information content (AvgIpc) is 2.43. The lowest BCUT2D eigenvalue weighted by Crippen LogP contribution is -2.54. The molecule has 2 rings (SSSR count). The van der Waals surface area contributed by atoms with Crippen LogP contribution in [0.5, 0.6) is 0 Å². The molecule has 0 aromatic heterocycles. The summed E-state index contributed by atoms with van der Waals surface area (Å²) < 4.78 is 0. The van der Waals surface area contributed by atoms with Gasteiger partial charge in [0.05, 0.1) is 0 Å². The van der Waals surface area contributed by atoms with Crippen LogP contribution in [-0.2, 0) is 4.84 Å². The third-order valence-corrected chi connectivity index (χ3v) is 6.45. The van der Waals surface area contributed by atoms with E-state index in [4.69, 9.17) is 10.6 Å². The third-order valence-electron chi connectivity index (χ3n) is 6.45.